The molecule has 0 unspecified atom stereocenters. The third-order valence-corrected chi connectivity index (χ3v) is 9.07. The summed E-state index contributed by atoms with van der Waals surface area (Å²) in [5.41, 5.74) is 1.55. The van der Waals surface area contributed by atoms with Crippen molar-refractivity contribution in [3.63, 3.8) is 0 Å². The van der Waals surface area contributed by atoms with Crippen molar-refractivity contribution in [2.24, 2.45) is 0 Å². The molecule has 3 aromatic carbocycles. The number of fused-ring (bicyclic) bond motifs is 2. The fraction of sp³-hybridized carbons (Fsp3) is 0.0968. The van der Waals surface area contributed by atoms with Crippen LogP contribution in [-0.2, 0) is 10.5 Å². The van der Waals surface area contributed by atoms with Crippen LogP contribution in [0.3, 0.4) is 0 Å². The van der Waals surface area contributed by atoms with Gasteiger partial charge in [0.05, 0.1) is 5.57 Å². The van der Waals surface area contributed by atoms with Crippen LogP contribution in [0.2, 0.25) is 0 Å². The molecule has 7 rings (SSSR count). The molecular formula is C31H21N3O5S2. The number of carbonyl (C=O) groups excluding carboxylic acids is 2. The Kier molecular flexibility index (Phi) is 6.21. The van der Waals surface area contributed by atoms with Crippen LogP contribution in [0, 0.1) is 6.92 Å². The fourth-order valence-electron chi connectivity index (χ4n) is 5.05. The molecule has 0 fully saturated rings. The summed E-state index contributed by atoms with van der Waals surface area (Å²) < 4.78 is 12.3. The molecule has 3 aromatic heterocycles. The van der Waals surface area contributed by atoms with Crippen molar-refractivity contribution in [3.8, 4) is 0 Å². The Morgan fingerprint density at radius 3 is 2.56 bits per heavy atom. The normalized spacial score (nSPS) is 15.5. The van der Waals surface area contributed by atoms with Gasteiger partial charge < -0.3 is 13.9 Å². The fourth-order valence-corrected chi connectivity index (χ4v) is 6.92. The summed E-state index contributed by atoms with van der Waals surface area (Å²) >= 11 is 2.71. The van der Waals surface area contributed by atoms with Gasteiger partial charge in [-0.25, -0.2) is 0 Å². The summed E-state index contributed by atoms with van der Waals surface area (Å²) in [5.74, 6) is -0.454. The monoisotopic (exact) mass is 579 g/mol. The third-order valence-electron chi connectivity index (χ3n) is 6.97. The van der Waals surface area contributed by atoms with Crippen LogP contribution in [0.15, 0.2) is 109 Å². The Balaban J connectivity index is 1.22. The average molecular weight is 580 g/mol. The predicted molar refractivity (Wildman–Crippen MR) is 157 cm³/mol. The molecule has 1 amide bonds. The number of furan rings is 2. The lowest BCUT2D eigenvalue weighted by Gasteiger charge is -2.21. The van der Waals surface area contributed by atoms with Crippen LogP contribution in [-0.4, -0.2) is 27.0 Å². The molecule has 0 bridgehead atoms. The minimum atomic E-state index is -1.04. The molecule has 6 aromatic rings. The topological polar surface area (TPSA) is 110 Å². The minimum Gasteiger partial charge on any atom is -0.503 e. The molecular weight excluding hydrogens is 558 g/mol. The van der Waals surface area contributed by atoms with E-state index in [1.807, 2.05) is 30.3 Å². The maximum absolute atomic E-state index is 13.7. The molecule has 0 radical (unpaired) electrons. The zero-order valence-corrected chi connectivity index (χ0v) is 23.2. The maximum Gasteiger partial charge on any atom is 0.296 e. The Morgan fingerprint density at radius 2 is 1.76 bits per heavy atom. The zero-order chi connectivity index (χ0) is 28.1. The van der Waals surface area contributed by atoms with Gasteiger partial charge in [0.2, 0.25) is 10.9 Å². The molecule has 0 saturated heterocycles. The number of amides is 1. The molecule has 0 spiro atoms. The van der Waals surface area contributed by atoms with Gasteiger partial charge in [0.1, 0.15) is 23.1 Å². The Labute approximate surface area is 241 Å². The summed E-state index contributed by atoms with van der Waals surface area (Å²) in [6, 6.07) is 25.6. The number of thioether (sulfide) groups is 1. The molecule has 41 heavy (non-hydrogen) atoms. The van der Waals surface area contributed by atoms with Crippen LogP contribution in [0.25, 0.3) is 21.7 Å². The summed E-state index contributed by atoms with van der Waals surface area (Å²) in [6.07, 6.45) is 0. The second kappa shape index (κ2) is 10.1. The number of benzene rings is 3. The average Bonchev–Trinajstić information content (AvgIpc) is 3.78. The molecule has 0 saturated carbocycles. The maximum atomic E-state index is 13.7. The molecule has 1 aliphatic rings. The molecule has 1 atom stereocenters. The summed E-state index contributed by atoms with van der Waals surface area (Å²) in [6.45, 7) is 1.77. The van der Waals surface area contributed by atoms with Crippen molar-refractivity contribution in [1.82, 2.24) is 10.2 Å². The van der Waals surface area contributed by atoms with Crippen LogP contribution >= 0.6 is 23.1 Å². The Morgan fingerprint density at radius 1 is 0.976 bits per heavy atom. The van der Waals surface area contributed by atoms with E-state index in [4.69, 9.17) is 8.83 Å². The molecule has 10 heteroatoms. The number of nitrogens with zero attached hydrogens (tertiary/aromatic N) is 3. The van der Waals surface area contributed by atoms with E-state index in [1.165, 1.54) is 28.0 Å². The van der Waals surface area contributed by atoms with Gasteiger partial charge in [-0.1, -0.05) is 83.8 Å². The second-order valence-electron chi connectivity index (χ2n) is 9.54. The number of aliphatic hydroxyl groups is 1. The Bertz CT molecular complexity index is 1960. The van der Waals surface area contributed by atoms with Crippen LogP contribution in [0.5, 0.6) is 0 Å². The van der Waals surface area contributed by atoms with Crippen LogP contribution in [0.4, 0.5) is 5.13 Å². The van der Waals surface area contributed by atoms with Crippen molar-refractivity contribution in [2.75, 3.05) is 4.90 Å². The smallest absolute Gasteiger partial charge is 0.296 e. The van der Waals surface area contributed by atoms with Crippen molar-refractivity contribution in [3.05, 3.63) is 119 Å². The van der Waals surface area contributed by atoms with Crippen molar-refractivity contribution >= 4 is 61.7 Å². The zero-order valence-electron chi connectivity index (χ0n) is 21.6. The third kappa shape index (κ3) is 4.41. The predicted octanol–water partition coefficient (Wildman–Crippen LogP) is 7.41. The molecule has 1 N–H and O–H groups in total. The number of aromatic nitrogens is 2. The van der Waals surface area contributed by atoms with E-state index in [1.54, 1.807) is 37.3 Å². The second-order valence-corrected chi connectivity index (χ2v) is 11.7. The van der Waals surface area contributed by atoms with Gasteiger partial charge >= 0.3 is 0 Å². The standard InChI is InChI=1S/C31H21N3O5S2/c1-17-13-14-23(38-17)26-25(27(35)24-15-19-8-3-5-12-22(19)39-24)28(36)29(37)34(26)30-32-33-31(41-30)40-16-20-10-6-9-18-7-2-4-11-21(18)20/h2-15,26,36H,16H2,1H3/t26-/m1/s1. The number of carbonyl (C=O) groups is 2. The lowest BCUT2D eigenvalue weighted by molar-refractivity contribution is -0.117. The number of aryl methyl sites for hydroxylation is 1. The highest BCUT2D eigenvalue weighted by molar-refractivity contribution is 8.00. The van der Waals surface area contributed by atoms with E-state index in [2.05, 4.69) is 34.5 Å². The first-order valence-corrected chi connectivity index (χ1v) is 14.6. The lowest BCUT2D eigenvalue weighted by Crippen LogP contribution is -2.30. The van der Waals surface area contributed by atoms with Gasteiger partial charge in [-0.3, -0.25) is 14.5 Å². The van der Waals surface area contributed by atoms with Gasteiger partial charge in [-0.2, -0.15) is 0 Å². The SMILES string of the molecule is Cc1ccc([C@@H]2C(C(=O)c3cc4ccccc4o3)=C(O)C(=O)N2c2nnc(SCc3cccc4ccccc34)s2)o1. The highest BCUT2D eigenvalue weighted by Gasteiger charge is 2.48. The quantitative estimate of drug-likeness (QED) is 0.118. The number of Topliss-reactive ketones (excluding diaryl/α,β-unsaturated/α-hetero) is 1. The molecule has 202 valence electrons. The first kappa shape index (κ1) is 25.3. The van der Waals surface area contributed by atoms with E-state index in [0.717, 1.165) is 21.7 Å². The summed E-state index contributed by atoms with van der Waals surface area (Å²) in [4.78, 5) is 28.5. The molecule has 4 heterocycles. The summed E-state index contributed by atoms with van der Waals surface area (Å²) in [7, 11) is 0. The summed E-state index contributed by atoms with van der Waals surface area (Å²) in [5, 5.41) is 22.9. The van der Waals surface area contributed by atoms with E-state index < -0.39 is 23.5 Å². The first-order chi connectivity index (χ1) is 20.0. The number of aliphatic hydroxyl groups excluding tert-OH is 1. The lowest BCUT2D eigenvalue weighted by atomic mass is 10.00. The van der Waals surface area contributed by atoms with E-state index in [0.29, 0.717) is 27.2 Å². The van der Waals surface area contributed by atoms with Gasteiger partial charge in [-0.15, -0.1) is 10.2 Å². The van der Waals surface area contributed by atoms with Gasteiger partial charge in [0.25, 0.3) is 5.91 Å². The van der Waals surface area contributed by atoms with Crippen molar-refractivity contribution in [2.45, 2.75) is 23.1 Å². The van der Waals surface area contributed by atoms with Crippen molar-refractivity contribution in [1.29, 1.82) is 0 Å². The molecule has 0 aliphatic carbocycles. The van der Waals surface area contributed by atoms with E-state index >= 15 is 0 Å². The van der Waals surface area contributed by atoms with Gasteiger partial charge in [-0.05, 0) is 47.5 Å². The first-order valence-electron chi connectivity index (χ1n) is 12.8. The molecule has 8 nitrogen and oxygen atoms in total. The van der Waals surface area contributed by atoms with Crippen LogP contribution < -0.4 is 4.90 Å². The van der Waals surface area contributed by atoms with Crippen molar-refractivity contribution < 1.29 is 23.5 Å². The number of para-hydroxylation sites is 1. The van der Waals surface area contributed by atoms with E-state index in [9.17, 15) is 14.7 Å². The van der Waals surface area contributed by atoms with Gasteiger partial charge in [0.15, 0.2) is 15.9 Å². The Hall–Kier alpha value is -4.67. The number of hydrogen-bond acceptors (Lipinski definition) is 9. The number of rotatable bonds is 7. The van der Waals surface area contributed by atoms with E-state index in [-0.39, 0.29) is 16.5 Å². The minimum absolute atomic E-state index is 0.0132. The van der Waals surface area contributed by atoms with Crippen LogP contribution in [0.1, 0.15) is 33.7 Å². The number of anilines is 1. The number of hydrogen-bond donors (Lipinski definition) is 1. The largest absolute Gasteiger partial charge is 0.503 e. The van der Waals surface area contributed by atoms with Gasteiger partial charge in [0, 0.05) is 11.1 Å². The molecule has 1 aliphatic heterocycles. The number of ketones is 1. The highest BCUT2D eigenvalue weighted by Crippen LogP contribution is 2.44. The highest BCUT2D eigenvalue weighted by atomic mass is 32.2.